The van der Waals surface area contributed by atoms with Crippen LogP contribution in [0.1, 0.15) is 42.6 Å². The first-order chi connectivity index (χ1) is 9.33. The summed E-state index contributed by atoms with van der Waals surface area (Å²) < 4.78 is 0. The summed E-state index contributed by atoms with van der Waals surface area (Å²) in [5, 5.41) is 3.06. The fourth-order valence-corrected chi connectivity index (χ4v) is 2.57. The van der Waals surface area contributed by atoms with Crippen molar-refractivity contribution in [1.29, 1.82) is 0 Å². The first kappa shape index (κ1) is 12.1. The van der Waals surface area contributed by atoms with Crippen molar-refractivity contribution in [1.82, 2.24) is 15.3 Å². The zero-order chi connectivity index (χ0) is 13.1. The number of amides is 1. The molecule has 1 saturated carbocycles. The van der Waals surface area contributed by atoms with Crippen LogP contribution >= 0.6 is 0 Å². The van der Waals surface area contributed by atoms with Gasteiger partial charge >= 0.3 is 0 Å². The van der Waals surface area contributed by atoms with E-state index in [4.69, 9.17) is 0 Å². The van der Waals surface area contributed by atoms with Crippen LogP contribution in [0.5, 0.6) is 0 Å². The maximum Gasteiger partial charge on any atom is 0.271 e. The highest BCUT2D eigenvalue weighted by molar-refractivity contribution is 5.93. The first-order valence-corrected chi connectivity index (χ1v) is 6.85. The predicted molar refractivity (Wildman–Crippen MR) is 73.9 cm³/mol. The summed E-state index contributed by atoms with van der Waals surface area (Å²) in [6.07, 6.45) is 7.39. The van der Waals surface area contributed by atoms with Gasteiger partial charge in [-0.3, -0.25) is 9.78 Å². The van der Waals surface area contributed by atoms with Crippen LogP contribution in [0.4, 0.5) is 0 Å². The second-order valence-electron chi connectivity index (χ2n) is 5.05. The Hall–Kier alpha value is -1.97. The number of nitrogens with one attached hydrogen (secondary N) is 1. The number of fused-ring (bicyclic) bond motifs is 1. The van der Waals surface area contributed by atoms with Crippen LogP contribution < -0.4 is 5.32 Å². The molecule has 2 aromatic rings. The van der Waals surface area contributed by atoms with Gasteiger partial charge in [-0.1, -0.05) is 31.4 Å². The molecule has 1 fully saturated rings. The van der Waals surface area contributed by atoms with E-state index in [1.807, 2.05) is 24.3 Å². The van der Waals surface area contributed by atoms with Crippen LogP contribution in [0, 0.1) is 0 Å². The van der Waals surface area contributed by atoms with Crippen LogP contribution in [0.25, 0.3) is 11.0 Å². The molecule has 0 bridgehead atoms. The van der Waals surface area contributed by atoms with Crippen molar-refractivity contribution < 1.29 is 4.79 Å². The van der Waals surface area contributed by atoms with Crippen LogP contribution in [0.3, 0.4) is 0 Å². The molecular weight excluding hydrogens is 238 g/mol. The van der Waals surface area contributed by atoms with Gasteiger partial charge in [-0.2, -0.15) is 0 Å². The molecule has 3 rings (SSSR count). The van der Waals surface area contributed by atoms with Gasteiger partial charge in [-0.15, -0.1) is 0 Å². The minimum atomic E-state index is -0.106. The van der Waals surface area contributed by atoms with Gasteiger partial charge in [-0.25, -0.2) is 4.98 Å². The lowest BCUT2D eigenvalue weighted by Gasteiger charge is -2.22. The number of aromatic nitrogens is 2. The van der Waals surface area contributed by atoms with E-state index in [1.165, 1.54) is 19.3 Å². The number of rotatable bonds is 2. The van der Waals surface area contributed by atoms with Crippen molar-refractivity contribution in [2.75, 3.05) is 0 Å². The number of carbonyl (C=O) groups excluding carboxylic acids is 1. The van der Waals surface area contributed by atoms with E-state index in [9.17, 15) is 4.79 Å². The van der Waals surface area contributed by atoms with E-state index in [2.05, 4.69) is 15.3 Å². The molecule has 1 amide bonds. The maximum absolute atomic E-state index is 12.1. The molecule has 0 aliphatic heterocycles. The fraction of sp³-hybridized carbons (Fsp3) is 0.400. The zero-order valence-corrected chi connectivity index (χ0v) is 10.8. The monoisotopic (exact) mass is 255 g/mol. The molecular formula is C15H17N3O. The molecule has 4 heteroatoms. The molecule has 0 radical (unpaired) electrons. The molecule has 1 heterocycles. The third-order valence-electron chi connectivity index (χ3n) is 3.62. The van der Waals surface area contributed by atoms with Gasteiger partial charge in [0.25, 0.3) is 5.91 Å². The van der Waals surface area contributed by atoms with Crippen LogP contribution in [-0.4, -0.2) is 21.9 Å². The Morgan fingerprint density at radius 1 is 1.11 bits per heavy atom. The third kappa shape index (κ3) is 2.72. The highest BCUT2D eigenvalue weighted by Gasteiger charge is 2.17. The number of hydrogen-bond donors (Lipinski definition) is 1. The number of para-hydroxylation sites is 2. The van der Waals surface area contributed by atoms with E-state index in [-0.39, 0.29) is 5.91 Å². The Morgan fingerprint density at radius 2 is 1.84 bits per heavy atom. The quantitative estimate of drug-likeness (QED) is 0.897. The van der Waals surface area contributed by atoms with Gasteiger partial charge in [0.15, 0.2) is 0 Å². The van der Waals surface area contributed by atoms with Gasteiger partial charge in [0.2, 0.25) is 0 Å². The Morgan fingerprint density at radius 3 is 2.63 bits per heavy atom. The Balaban J connectivity index is 1.77. The van der Waals surface area contributed by atoms with Gasteiger partial charge < -0.3 is 5.32 Å². The van der Waals surface area contributed by atoms with Crippen molar-refractivity contribution in [2.45, 2.75) is 38.1 Å². The molecule has 1 N–H and O–H groups in total. The van der Waals surface area contributed by atoms with Crippen LogP contribution in [-0.2, 0) is 0 Å². The summed E-state index contributed by atoms with van der Waals surface area (Å²) in [5.74, 6) is -0.106. The predicted octanol–water partition coefficient (Wildman–Crippen LogP) is 2.69. The molecule has 0 spiro atoms. The average molecular weight is 255 g/mol. The zero-order valence-electron chi connectivity index (χ0n) is 10.8. The summed E-state index contributed by atoms with van der Waals surface area (Å²) in [6, 6.07) is 7.89. The maximum atomic E-state index is 12.1. The largest absolute Gasteiger partial charge is 0.348 e. The lowest BCUT2D eigenvalue weighted by molar-refractivity contribution is 0.0922. The molecule has 1 aromatic carbocycles. The van der Waals surface area contributed by atoms with Gasteiger partial charge in [0, 0.05) is 6.04 Å². The van der Waals surface area contributed by atoms with Crippen molar-refractivity contribution in [3.8, 4) is 0 Å². The van der Waals surface area contributed by atoms with E-state index in [1.54, 1.807) is 6.20 Å². The molecule has 98 valence electrons. The molecule has 0 saturated heterocycles. The minimum Gasteiger partial charge on any atom is -0.348 e. The fourth-order valence-electron chi connectivity index (χ4n) is 2.57. The lowest BCUT2D eigenvalue weighted by atomic mass is 9.95. The van der Waals surface area contributed by atoms with Gasteiger partial charge in [0.1, 0.15) is 5.69 Å². The summed E-state index contributed by atoms with van der Waals surface area (Å²) in [5.41, 5.74) is 1.99. The minimum absolute atomic E-state index is 0.106. The number of benzene rings is 1. The van der Waals surface area contributed by atoms with Gasteiger partial charge in [0.05, 0.1) is 17.2 Å². The summed E-state index contributed by atoms with van der Waals surface area (Å²) >= 11 is 0. The van der Waals surface area contributed by atoms with E-state index < -0.39 is 0 Å². The number of hydrogen-bond acceptors (Lipinski definition) is 3. The Bertz CT molecular complexity index is 591. The highest BCUT2D eigenvalue weighted by atomic mass is 16.1. The topological polar surface area (TPSA) is 54.9 Å². The molecule has 1 aliphatic rings. The van der Waals surface area contributed by atoms with Gasteiger partial charge in [-0.05, 0) is 25.0 Å². The molecule has 1 aromatic heterocycles. The number of carbonyl (C=O) groups is 1. The van der Waals surface area contributed by atoms with E-state index >= 15 is 0 Å². The SMILES string of the molecule is O=C(NC1CCCCC1)c1cnc2ccccc2n1. The highest BCUT2D eigenvalue weighted by Crippen LogP contribution is 2.17. The molecule has 1 aliphatic carbocycles. The average Bonchev–Trinajstić information content (AvgIpc) is 2.48. The number of nitrogens with zero attached hydrogens (tertiary/aromatic N) is 2. The Labute approximate surface area is 112 Å². The van der Waals surface area contributed by atoms with Crippen molar-refractivity contribution >= 4 is 16.9 Å². The van der Waals surface area contributed by atoms with E-state index in [0.29, 0.717) is 11.7 Å². The smallest absolute Gasteiger partial charge is 0.271 e. The van der Waals surface area contributed by atoms with Crippen molar-refractivity contribution in [3.63, 3.8) is 0 Å². The summed E-state index contributed by atoms with van der Waals surface area (Å²) in [7, 11) is 0. The Kier molecular flexibility index (Phi) is 3.40. The van der Waals surface area contributed by atoms with Crippen LogP contribution in [0.15, 0.2) is 30.5 Å². The van der Waals surface area contributed by atoms with Crippen LogP contribution in [0.2, 0.25) is 0 Å². The molecule has 19 heavy (non-hydrogen) atoms. The first-order valence-electron chi connectivity index (χ1n) is 6.85. The standard InChI is InChI=1S/C15H17N3O/c19-15(17-11-6-2-1-3-7-11)14-10-16-12-8-4-5-9-13(12)18-14/h4-5,8-11H,1-3,6-7H2,(H,17,19). The normalized spacial score (nSPS) is 16.4. The third-order valence-corrected chi connectivity index (χ3v) is 3.62. The summed E-state index contributed by atoms with van der Waals surface area (Å²) in [4.78, 5) is 20.8. The molecule has 4 nitrogen and oxygen atoms in total. The van der Waals surface area contributed by atoms with Crippen molar-refractivity contribution in [3.05, 3.63) is 36.2 Å². The second-order valence-corrected chi connectivity index (χ2v) is 5.05. The molecule has 0 unspecified atom stereocenters. The lowest BCUT2D eigenvalue weighted by Crippen LogP contribution is -2.36. The van der Waals surface area contributed by atoms with Crippen molar-refractivity contribution in [2.24, 2.45) is 0 Å². The summed E-state index contributed by atoms with van der Waals surface area (Å²) in [6.45, 7) is 0. The second kappa shape index (κ2) is 5.34. The molecule has 0 atom stereocenters. The van der Waals surface area contributed by atoms with E-state index in [0.717, 1.165) is 23.9 Å².